The molecule has 1 aromatic heterocycles. The highest BCUT2D eigenvalue weighted by Crippen LogP contribution is 2.29. The van der Waals surface area contributed by atoms with Crippen LogP contribution in [-0.4, -0.2) is 22.4 Å². The summed E-state index contributed by atoms with van der Waals surface area (Å²) in [6.45, 7) is 7.00. The molecule has 1 heterocycles. The van der Waals surface area contributed by atoms with E-state index in [2.05, 4.69) is 11.6 Å². The maximum Gasteiger partial charge on any atom is 0.412 e. The van der Waals surface area contributed by atoms with Gasteiger partial charge in [-0.1, -0.05) is 19.1 Å². The zero-order chi connectivity index (χ0) is 16.8. The van der Waals surface area contributed by atoms with E-state index in [9.17, 15) is 18.3 Å². The van der Waals surface area contributed by atoms with E-state index in [4.69, 9.17) is 0 Å². The Bertz CT molecular complexity index is 558. The minimum Gasteiger partial charge on any atom is -0.388 e. The molecule has 2 nitrogen and oxygen atoms in total. The van der Waals surface area contributed by atoms with Gasteiger partial charge in [0.1, 0.15) is 0 Å². The molecular weight excluding hydrogens is 311 g/mol. The minimum atomic E-state index is -4.39. The van der Waals surface area contributed by atoms with Gasteiger partial charge in [-0.05, 0) is 37.8 Å². The molecule has 122 valence electrons. The molecule has 1 N–H and O–H groups in total. The summed E-state index contributed by atoms with van der Waals surface area (Å²) in [7, 11) is 0. The number of halogens is 3. The smallest absolute Gasteiger partial charge is 0.388 e. The zero-order valence-electron chi connectivity index (χ0n) is 12.7. The number of aromatic nitrogens is 1. The van der Waals surface area contributed by atoms with Crippen molar-refractivity contribution in [3.05, 3.63) is 46.0 Å². The van der Waals surface area contributed by atoms with Gasteiger partial charge in [-0.2, -0.15) is 13.2 Å². The number of nitrogens with zero attached hydrogens (tertiary/aromatic N) is 1. The number of aryl methyl sites for hydroxylation is 1. The molecule has 0 radical (unpaired) electrons. The standard InChI is InChI=1S/C16H20F3NOS/c1-4-6-12(16(17,18)19)7-8-14(21)11(3)9-13-10-22-15(5-2)20-13/h4,7,9-10,14,21H,1,5-6,8H2,2-3H3/b11-9+,12-7+/t14-/m0/s1. The van der Waals surface area contributed by atoms with E-state index < -0.39 is 17.9 Å². The maximum absolute atomic E-state index is 12.7. The van der Waals surface area contributed by atoms with Gasteiger partial charge in [-0.3, -0.25) is 0 Å². The lowest BCUT2D eigenvalue weighted by Gasteiger charge is -2.12. The van der Waals surface area contributed by atoms with Crippen LogP contribution >= 0.6 is 11.3 Å². The fourth-order valence-corrected chi connectivity index (χ4v) is 2.50. The third-order valence-electron chi connectivity index (χ3n) is 3.09. The Morgan fingerprint density at radius 3 is 2.68 bits per heavy atom. The summed E-state index contributed by atoms with van der Waals surface area (Å²) in [6, 6.07) is 0. The van der Waals surface area contributed by atoms with Gasteiger partial charge in [-0.15, -0.1) is 17.9 Å². The molecule has 0 saturated carbocycles. The summed E-state index contributed by atoms with van der Waals surface area (Å²) in [5.41, 5.74) is 0.630. The van der Waals surface area contributed by atoms with Crippen molar-refractivity contribution in [3.8, 4) is 0 Å². The van der Waals surface area contributed by atoms with Gasteiger partial charge >= 0.3 is 6.18 Å². The second-order valence-corrected chi connectivity index (χ2v) is 5.82. The summed E-state index contributed by atoms with van der Waals surface area (Å²) in [4.78, 5) is 4.34. The van der Waals surface area contributed by atoms with Gasteiger partial charge in [0.05, 0.1) is 16.8 Å². The predicted octanol–water partition coefficient (Wildman–Crippen LogP) is 4.92. The quantitative estimate of drug-likeness (QED) is 0.719. The molecule has 0 aromatic carbocycles. The van der Waals surface area contributed by atoms with Crippen LogP contribution in [0.15, 0.2) is 35.3 Å². The fourth-order valence-electron chi connectivity index (χ4n) is 1.79. The Hall–Kier alpha value is -1.40. The minimum absolute atomic E-state index is 0.0875. The van der Waals surface area contributed by atoms with Crippen molar-refractivity contribution in [3.63, 3.8) is 0 Å². The number of hydrogen-bond donors (Lipinski definition) is 1. The SMILES string of the molecule is C=CC/C(=C\C[C@H](O)/C(C)=C/c1csc(CC)n1)C(F)(F)F. The molecule has 0 saturated heterocycles. The van der Waals surface area contributed by atoms with Crippen molar-refractivity contribution >= 4 is 17.4 Å². The van der Waals surface area contributed by atoms with Crippen LogP contribution in [-0.2, 0) is 6.42 Å². The molecule has 0 bridgehead atoms. The van der Waals surface area contributed by atoms with Gasteiger partial charge in [0.2, 0.25) is 0 Å². The molecule has 0 fully saturated rings. The van der Waals surface area contributed by atoms with Gasteiger partial charge in [0.25, 0.3) is 0 Å². The normalized spacial score (nSPS) is 15.0. The Morgan fingerprint density at radius 1 is 1.50 bits per heavy atom. The van der Waals surface area contributed by atoms with E-state index in [0.717, 1.165) is 23.2 Å². The average Bonchev–Trinajstić information content (AvgIpc) is 2.89. The highest BCUT2D eigenvalue weighted by molar-refractivity contribution is 7.09. The first-order valence-electron chi connectivity index (χ1n) is 6.95. The summed E-state index contributed by atoms with van der Waals surface area (Å²) >= 11 is 1.52. The van der Waals surface area contributed by atoms with Crippen molar-refractivity contribution in [2.75, 3.05) is 0 Å². The zero-order valence-corrected chi connectivity index (χ0v) is 13.5. The van der Waals surface area contributed by atoms with Crippen LogP contribution in [0.4, 0.5) is 13.2 Å². The Labute approximate surface area is 132 Å². The van der Waals surface area contributed by atoms with Gasteiger partial charge in [0, 0.05) is 11.0 Å². The fraction of sp³-hybridized carbons (Fsp3) is 0.438. The van der Waals surface area contributed by atoms with Crippen LogP contribution in [0.3, 0.4) is 0 Å². The summed E-state index contributed by atoms with van der Waals surface area (Å²) < 4.78 is 38.2. The number of hydrogen-bond acceptors (Lipinski definition) is 3. The third-order valence-corrected chi connectivity index (χ3v) is 4.10. The lowest BCUT2D eigenvalue weighted by atomic mass is 10.0. The molecular formula is C16H20F3NOS. The maximum atomic E-state index is 12.7. The van der Waals surface area contributed by atoms with E-state index in [-0.39, 0.29) is 12.8 Å². The van der Waals surface area contributed by atoms with Crippen LogP contribution in [0.25, 0.3) is 6.08 Å². The monoisotopic (exact) mass is 331 g/mol. The topological polar surface area (TPSA) is 33.1 Å². The van der Waals surface area contributed by atoms with Crippen LogP contribution in [0.2, 0.25) is 0 Å². The molecule has 0 amide bonds. The number of thiazole rings is 1. The number of aliphatic hydroxyl groups is 1. The third kappa shape index (κ3) is 5.77. The molecule has 0 aliphatic heterocycles. The Kier molecular flexibility index (Phi) is 7.03. The molecule has 1 aromatic rings. The number of alkyl halides is 3. The van der Waals surface area contributed by atoms with Crippen molar-refractivity contribution < 1.29 is 18.3 Å². The van der Waals surface area contributed by atoms with Gasteiger partial charge in [-0.25, -0.2) is 4.98 Å². The number of aliphatic hydroxyl groups excluding tert-OH is 1. The second-order valence-electron chi connectivity index (χ2n) is 4.88. The van der Waals surface area contributed by atoms with E-state index in [0.29, 0.717) is 5.57 Å². The second kappa shape index (κ2) is 8.29. The molecule has 6 heteroatoms. The van der Waals surface area contributed by atoms with Crippen molar-refractivity contribution in [1.82, 2.24) is 4.98 Å². The van der Waals surface area contributed by atoms with Crippen molar-refractivity contribution in [1.29, 1.82) is 0 Å². The Balaban J connectivity index is 2.77. The highest BCUT2D eigenvalue weighted by Gasteiger charge is 2.32. The molecule has 0 spiro atoms. The summed E-state index contributed by atoms with van der Waals surface area (Å²) in [6.07, 6.45) is -0.933. The lowest BCUT2D eigenvalue weighted by Crippen LogP contribution is -2.13. The molecule has 1 atom stereocenters. The lowest BCUT2D eigenvalue weighted by molar-refractivity contribution is -0.0932. The van der Waals surface area contributed by atoms with E-state index in [1.807, 2.05) is 12.3 Å². The van der Waals surface area contributed by atoms with E-state index in [1.165, 1.54) is 17.4 Å². The van der Waals surface area contributed by atoms with Crippen molar-refractivity contribution in [2.24, 2.45) is 0 Å². The van der Waals surface area contributed by atoms with Crippen LogP contribution < -0.4 is 0 Å². The van der Waals surface area contributed by atoms with Gasteiger partial charge in [0.15, 0.2) is 0 Å². The van der Waals surface area contributed by atoms with E-state index in [1.54, 1.807) is 13.0 Å². The molecule has 22 heavy (non-hydrogen) atoms. The first-order valence-corrected chi connectivity index (χ1v) is 7.83. The van der Waals surface area contributed by atoms with E-state index >= 15 is 0 Å². The largest absolute Gasteiger partial charge is 0.412 e. The van der Waals surface area contributed by atoms with Crippen LogP contribution in [0, 0.1) is 0 Å². The highest BCUT2D eigenvalue weighted by atomic mass is 32.1. The molecule has 0 aliphatic rings. The number of rotatable bonds is 7. The average molecular weight is 331 g/mol. The van der Waals surface area contributed by atoms with Crippen LogP contribution in [0.1, 0.15) is 37.4 Å². The molecule has 0 unspecified atom stereocenters. The summed E-state index contributed by atoms with van der Waals surface area (Å²) in [5, 5.41) is 12.8. The van der Waals surface area contributed by atoms with Crippen molar-refractivity contribution in [2.45, 2.75) is 45.4 Å². The first-order chi connectivity index (χ1) is 10.3. The van der Waals surface area contributed by atoms with Gasteiger partial charge < -0.3 is 5.11 Å². The number of allylic oxidation sites excluding steroid dienone is 2. The molecule has 0 aliphatic carbocycles. The Morgan fingerprint density at radius 2 is 2.18 bits per heavy atom. The first kappa shape index (κ1) is 18.6. The molecule has 1 rings (SSSR count). The van der Waals surface area contributed by atoms with Crippen LogP contribution in [0.5, 0.6) is 0 Å². The summed E-state index contributed by atoms with van der Waals surface area (Å²) in [5.74, 6) is 0. The predicted molar refractivity (Wildman–Crippen MR) is 84.7 cm³/mol.